The molecule has 6 nitrogen and oxygen atoms in total. The molecule has 1 amide bonds. The van der Waals surface area contributed by atoms with Crippen molar-refractivity contribution in [2.45, 2.75) is 12.5 Å². The van der Waals surface area contributed by atoms with Crippen LogP contribution in [0, 0.1) is 0 Å². The Morgan fingerprint density at radius 1 is 1.32 bits per heavy atom. The molecule has 120 valence electrons. The van der Waals surface area contributed by atoms with Gasteiger partial charge in [0.2, 0.25) is 0 Å². The van der Waals surface area contributed by atoms with Gasteiger partial charge in [-0.25, -0.2) is 4.98 Å². The van der Waals surface area contributed by atoms with Gasteiger partial charge in [0.25, 0.3) is 5.91 Å². The zero-order chi connectivity index (χ0) is 15.2. The molecule has 0 bridgehead atoms. The van der Waals surface area contributed by atoms with E-state index in [1.165, 1.54) is 0 Å². The Kier molecular flexibility index (Phi) is 5.64. The maximum absolute atomic E-state index is 12.8. The summed E-state index contributed by atoms with van der Waals surface area (Å²) in [5, 5.41) is 0. The lowest BCUT2D eigenvalue weighted by Gasteiger charge is -2.35. The van der Waals surface area contributed by atoms with Crippen LogP contribution in [0.5, 0.6) is 0 Å². The summed E-state index contributed by atoms with van der Waals surface area (Å²) in [5.74, 6) is 2.11. The molecule has 1 atom stereocenters. The Hall–Kier alpha value is -1.18. The SMILES string of the molecule is O=C(c1cnccn1)N1CCCSCC1CN1CCOCC1. The van der Waals surface area contributed by atoms with E-state index in [-0.39, 0.29) is 11.9 Å². The van der Waals surface area contributed by atoms with Gasteiger partial charge in [-0.3, -0.25) is 14.7 Å². The Morgan fingerprint density at radius 3 is 2.95 bits per heavy atom. The van der Waals surface area contributed by atoms with E-state index in [1.807, 2.05) is 16.7 Å². The van der Waals surface area contributed by atoms with Gasteiger partial charge in [0.05, 0.1) is 25.5 Å². The van der Waals surface area contributed by atoms with Crippen LogP contribution in [0.2, 0.25) is 0 Å². The number of amides is 1. The van der Waals surface area contributed by atoms with Crippen LogP contribution in [-0.4, -0.2) is 82.6 Å². The average molecular weight is 322 g/mol. The van der Waals surface area contributed by atoms with Crippen LogP contribution in [0.3, 0.4) is 0 Å². The zero-order valence-electron chi connectivity index (χ0n) is 12.7. The maximum Gasteiger partial charge on any atom is 0.274 e. The van der Waals surface area contributed by atoms with E-state index in [0.29, 0.717) is 5.69 Å². The van der Waals surface area contributed by atoms with Crippen LogP contribution >= 0.6 is 11.8 Å². The standard InChI is InChI=1S/C15H22N4O2S/c20-15(14-10-16-2-3-17-14)19-4-1-9-22-12-13(19)11-18-5-7-21-8-6-18/h2-3,10,13H,1,4-9,11-12H2. The third-order valence-electron chi connectivity index (χ3n) is 4.05. The topological polar surface area (TPSA) is 58.6 Å². The summed E-state index contributed by atoms with van der Waals surface area (Å²) in [5.41, 5.74) is 0.446. The average Bonchev–Trinajstić information content (AvgIpc) is 2.81. The van der Waals surface area contributed by atoms with Crippen molar-refractivity contribution in [3.8, 4) is 0 Å². The summed E-state index contributed by atoms with van der Waals surface area (Å²) >= 11 is 1.94. The number of thioether (sulfide) groups is 1. The van der Waals surface area contributed by atoms with Gasteiger partial charge < -0.3 is 9.64 Å². The number of carbonyl (C=O) groups excluding carboxylic acids is 1. The summed E-state index contributed by atoms with van der Waals surface area (Å²) in [7, 11) is 0. The number of ether oxygens (including phenoxy) is 1. The van der Waals surface area contributed by atoms with E-state index in [2.05, 4.69) is 14.9 Å². The van der Waals surface area contributed by atoms with Crippen molar-refractivity contribution in [2.75, 3.05) is 50.9 Å². The molecule has 0 radical (unpaired) electrons. The predicted octanol–water partition coefficient (Wildman–Crippen LogP) is 0.756. The van der Waals surface area contributed by atoms with Crippen LogP contribution in [-0.2, 0) is 4.74 Å². The highest BCUT2D eigenvalue weighted by atomic mass is 32.2. The molecule has 1 aromatic rings. The highest BCUT2D eigenvalue weighted by Crippen LogP contribution is 2.19. The van der Waals surface area contributed by atoms with Crippen LogP contribution in [0.4, 0.5) is 0 Å². The van der Waals surface area contributed by atoms with E-state index in [1.54, 1.807) is 18.6 Å². The fourth-order valence-electron chi connectivity index (χ4n) is 2.89. The number of morpholine rings is 1. The quantitative estimate of drug-likeness (QED) is 0.819. The largest absolute Gasteiger partial charge is 0.379 e. The van der Waals surface area contributed by atoms with Gasteiger partial charge in [-0.1, -0.05) is 0 Å². The second-order valence-electron chi connectivity index (χ2n) is 5.58. The minimum atomic E-state index is 0.00820. The predicted molar refractivity (Wildman–Crippen MR) is 86.1 cm³/mol. The third kappa shape index (κ3) is 3.97. The van der Waals surface area contributed by atoms with Crippen LogP contribution in [0.1, 0.15) is 16.9 Å². The fraction of sp³-hybridized carbons (Fsp3) is 0.667. The molecular weight excluding hydrogens is 300 g/mol. The molecule has 2 aliphatic rings. The summed E-state index contributed by atoms with van der Waals surface area (Å²) in [4.78, 5) is 25.4. The lowest BCUT2D eigenvalue weighted by molar-refractivity contribution is 0.0244. The summed E-state index contributed by atoms with van der Waals surface area (Å²) in [6.45, 7) is 5.21. The van der Waals surface area contributed by atoms with Gasteiger partial charge in [0.1, 0.15) is 5.69 Å². The van der Waals surface area contributed by atoms with Gasteiger partial charge in [0, 0.05) is 44.3 Å². The van der Waals surface area contributed by atoms with E-state index >= 15 is 0 Å². The van der Waals surface area contributed by atoms with Crippen molar-refractivity contribution < 1.29 is 9.53 Å². The van der Waals surface area contributed by atoms with Gasteiger partial charge in [0.15, 0.2) is 0 Å². The first kappa shape index (κ1) is 15.7. The molecule has 2 fully saturated rings. The molecule has 0 N–H and O–H groups in total. The molecule has 1 unspecified atom stereocenters. The van der Waals surface area contributed by atoms with Crippen LogP contribution in [0.15, 0.2) is 18.6 Å². The Bertz CT molecular complexity index is 482. The van der Waals surface area contributed by atoms with Crippen molar-refractivity contribution in [1.29, 1.82) is 0 Å². The second kappa shape index (κ2) is 7.89. The summed E-state index contributed by atoms with van der Waals surface area (Å²) in [6.07, 6.45) is 5.78. The number of nitrogens with zero attached hydrogens (tertiary/aromatic N) is 4. The molecule has 0 aromatic carbocycles. The lowest BCUT2D eigenvalue weighted by atomic mass is 10.2. The molecular formula is C15H22N4O2S. The van der Waals surface area contributed by atoms with Gasteiger partial charge in [-0.05, 0) is 12.2 Å². The summed E-state index contributed by atoms with van der Waals surface area (Å²) in [6, 6.07) is 0.236. The lowest BCUT2D eigenvalue weighted by Crippen LogP contribution is -2.50. The Balaban J connectivity index is 1.71. The number of hydrogen-bond acceptors (Lipinski definition) is 6. The molecule has 22 heavy (non-hydrogen) atoms. The van der Waals surface area contributed by atoms with Crippen molar-refractivity contribution in [1.82, 2.24) is 19.8 Å². The molecule has 7 heteroatoms. The van der Waals surface area contributed by atoms with E-state index in [9.17, 15) is 4.79 Å². The van der Waals surface area contributed by atoms with Gasteiger partial charge >= 0.3 is 0 Å². The summed E-state index contributed by atoms with van der Waals surface area (Å²) < 4.78 is 5.41. The van der Waals surface area contributed by atoms with Crippen LogP contribution in [0.25, 0.3) is 0 Å². The number of rotatable bonds is 3. The third-order valence-corrected chi connectivity index (χ3v) is 5.25. The first-order valence-corrected chi connectivity index (χ1v) is 8.95. The smallest absolute Gasteiger partial charge is 0.274 e. The normalized spacial score (nSPS) is 24.0. The van der Waals surface area contributed by atoms with Crippen molar-refractivity contribution in [2.24, 2.45) is 0 Å². The van der Waals surface area contributed by atoms with Crippen molar-refractivity contribution in [3.63, 3.8) is 0 Å². The molecule has 2 aliphatic heterocycles. The highest BCUT2D eigenvalue weighted by molar-refractivity contribution is 7.99. The first-order valence-electron chi connectivity index (χ1n) is 7.79. The van der Waals surface area contributed by atoms with Crippen molar-refractivity contribution >= 4 is 17.7 Å². The number of aromatic nitrogens is 2. The maximum atomic E-state index is 12.8. The van der Waals surface area contributed by atoms with Crippen LogP contribution < -0.4 is 0 Å². The Morgan fingerprint density at radius 2 is 2.18 bits per heavy atom. The minimum absolute atomic E-state index is 0.00820. The molecule has 0 spiro atoms. The number of hydrogen-bond donors (Lipinski definition) is 0. The van der Waals surface area contributed by atoms with Gasteiger partial charge in [-0.2, -0.15) is 11.8 Å². The number of carbonyl (C=O) groups is 1. The highest BCUT2D eigenvalue weighted by Gasteiger charge is 2.29. The molecule has 0 aliphatic carbocycles. The minimum Gasteiger partial charge on any atom is -0.379 e. The zero-order valence-corrected chi connectivity index (χ0v) is 13.5. The van der Waals surface area contributed by atoms with Gasteiger partial charge in [-0.15, -0.1) is 0 Å². The van der Waals surface area contributed by atoms with E-state index in [4.69, 9.17) is 4.74 Å². The molecule has 0 saturated carbocycles. The van der Waals surface area contributed by atoms with E-state index in [0.717, 1.165) is 57.3 Å². The second-order valence-corrected chi connectivity index (χ2v) is 6.73. The van der Waals surface area contributed by atoms with Crippen molar-refractivity contribution in [3.05, 3.63) is 24.3 Å². The molecule has 2 saturated heterocycles. The molecule has 1 aromatic heterocycles. The monoisotopic (exact) mass is 322 g/mol. The fourth-order valence-corrected chi connectivity index (χ4v) is 3.94. The molecule has 3 rings (SSSR count). The Labute approximate surface area is 135 Å². The van der Waals surface area contributed by atoms with E-state index < -0.39 is 0 Å². The molecule has 3 heterocycles. The first-order chi connectivity index (χ1) is 10.8.